The molecule has 0 spiro atoms. The number of nitrogens with zero attached hydrogens (tertiary/aromatic N) is 1. The van der Waals surface area contributed by atoms with E-state index in [2.05, 4.69) is 4.74 Å². The SMILES string of the molecule is CCOC(=O)c1cc(C#N)c(C=O)cc1C(F)F. The lowest BCUT2D eigenvalue weighted by atomic mass is 9.99. The zero-order valence-electron chi connectivity index (χ0n) is 9.44. The van der Waals surface area contributed by atoms with Crippen molar-refractivity contribution in [2.24, 2.45) is 0 Å². The topological polar surface area (TPSA) is 67.2 Å². The Kier molecular flexibility index (Phi) is 4.49. The molecule has 0 saturated carbocycles. The Labute approximate surface area is 102 Å². The van der Waals surface area contributed by atoms with Crippen LogP contribution in [0.15, 0.2) is 12.1 Å². The number of hydrogen-bond donors (Lipinski definition) is 0. The predicted molar refractivity (Wildman–Crippen MR) is 57.5 cm³/mol. The normalized spacial score (nSPS) is 9.94. The molecule has 0 aliphatic carbocycles. The predicted octanol–water partition coefficient (Wildman–Crippen LogP) is 2.49. The first-order valence-corrected chi connectivity index (χ1v) is 5.03. The van der Waals surface area contributed by atoms with Crippen molar-refractivity contribution >= 4 is 12.3 Å². The van der Waals surface area contributed by atoms with Crippen LogP contribution in [0.5, 0.6) is 0 Å². The third kappa shape index (κ3) is 2.69. The molecule has 0 aliphatic rings. The highest BCUT2D eigenvalue weighted by Gasteiger charge is 2.22. The van der Waals surface area contributed by atoms with Crippen LogP contribution < -0.4 is 0 Å². The van der Waals surface area contributed by atoms with Gasteiger partial charge in [-0.3, -0.25) is 4.79 Å². The number of ether oxygens (including phenoxy) is 1. The third-order valence-electron chi connectivity index (χ3n) is 2.20. The van der Waals surface area contributed by atoms with Crippen molar-refractivity contribution in [1.29, 1.82) is 5.26 Å². The lowest BCUT2D eigenvalue weighted by Crippen LogP contribution is -2.10. The van der Waals surface area contributed by atoms with Crippen LogP contribution in [0.1, 0.15) is 45.2 Å². The van der Waals surface area contributed by atoms with Gasteiger partial charge in [-0.15, -0.1) is 0 Å². The van der Waals surface area contributed by atoms with Crippen LogP contribution in [0.2, 0.25) is 0 Å². The minimum Gasteiger partial charge on any atom is -0.462 e. The summed E-state index contributed by atoms with van der Waals surface area (Å²) in [5.74, 6) is -0.943. The lowest BCUT2D eigenvalue weighted by molar-refractivity contribution is 0.0515. The van der Waals surface area contributed by atoms with Gasteiger partial charge < -0.3 is 4.74 Å². The van der Waals surface area contributed by atoms with Crippen LogP contribution in [0.3, 0.4) is 0 Å². The van der Waals surface area contributed by atoms with E-state index in [4.69, 9.17) is 5.26 Å². The number of aldehydes is 1. The van der Waals surface area contributed by atoms with Gasteiger partial charge in [-0.05, 0) is 19.1 Å². The van der Waals surface area contributed by atoms with E-state index in [0.717, 1.165) is 12.1 Å². The molecule has 0 aliphatic heterocycles. The van der Waals surface area contributed by atoms with Crippen LogP contribution in [0, 0.1) is 11.3 Å². The molecule has 0 bridgehead atoms. The second kappa shape index (κ2) is 5.87. The summed E-state index contributed by atoms with van der Waals surface area (Å²) in [5.41, 5.74) is -1.33. The van der Waals surface area contributed by atoms with Gasteiger partial charge in [-0.2, -0.15) is 5.26 Å². The Morgan fingerprint density at radius 2 is 2.22 bits per heavy atom. The maximum Gasteiger partial charge on any atom is 0.338 e. The molecule has 6 heteroatoms. The number of benzene rings is 1. The maximum atomic E-state index is 12.8. The fourth-order valence-corrected chi connectivity index (χ4v) is 1.39. The van der Waals surface area contributed by atoms with Crippen LogP contribution >= 0.6 is 0 Å². The first-order chi connectivity index (χ1) is 8.54. The number of alkyl halides is 2. The first kappa shape index (κ1) is 13.8. The van der Waals surface area contributed by atoms with Gasteiger partial charge in [0.25, 0.3) is 6.43 Å². The van der Waals surface area contributed by atoms with Gasteiger partial charge in [-0.1, -0.05) is 0 Å². The van der Waals surface area contributed by atoms with Gasteiger partial charge in [0.1, 0.15) is 0 Å². The largest absolute Gasteiger partial charge is 0.462 e. The van der Waals surface area contributed by atoms with Crippen molar-refractivity contribution in [3.05, 3.63) is 34.4 Å². The highest BCUT2D eigenvalue weighted by atomic mass is 19.3. The summed E-state index contributed by atoms with van der Waals surface area (Å²) in [6.07, 6.45) is -2.64. The zero-order chi connectivity index (χ0) is 13.7. The van der Waals surface area contributed by atoms with E-state index in [1.54, 1.807) is 6.07 Å². The smallest absolute Gasteiger partial charge is 0.338 e. The summed E-state index contributed by atoms with van der Waals surface area (Å²) in [5, 5.41) is 8.77. The summed E-state index contributed by atoms with van der Waals surface area (Å²) in [6.45, 7) is 1.56. The monoisotopic (exact) mass is 253 g/mol. The maximum absolute atomic E-state index is 12.8. The van der Waals surface area contributed by atoms with Crippen molar-refractivity contribution in [3.63, 3.8) is 0 Å². The van der Waals surface area contributed by atoms with Gasteiger partial charge in [0.2, 0.25) is 0 Å². The summed E-state index contributed by atoms with van der Waals surface area (Å²) >= 11 is 0. The molecular formula is C12H9F2NO3. The molecule has 0 saturated heterocycles. The molecule has 4 nitrogen and oxygen atoms in total. The standard InChI is InChI=1S/C12H9F2NO3/c1-2-18-12(17)10-3-7(5-15)8(6-16)4-9(10)11(13)14/h3-4,6,11H,2H2,1H3. The third-order valence-corrected chi connectivity index (χ3v) is 2.20. The molecular weight excluding hydrogens is 244 g/mol. The quantitative estimate of drug-likeness (QED) is 0.610. The van der Waals surface area contributed by atoms with E-state index in [0.29, 0.717) is 6.29 Å². The molecule has 0 amide bonds. The summed E-state index contributed by atoms with van der Waals surface area (Å²) in [4.78, 5) is 22.1. The minimum atomic E-state index is -2.93. The second-order valence-electron chi connectivity index (χ2n) is 3.28. The number of carbonyl (C=O) groups excluding carboxylic acids is 2. The molecule has 18 heavy (non-hydrogen) atoms. The van der Waals surface area contributed by atoms with Gasteiger partial charge in [0, 0.05) is 11.1 Å². The number of carbonyl (C=O) groups is 2. The number of esters is 1. The van der Waals surface area contributed by atoms with E-state index in [1.807, 2.05) is 0 Å². The van der Waals surface area contributed by atoms with Gasteiger partial charge in [-0.25, -0.2) is 13.6 Å². The number of rotatable bonds is 4. The highest BCUT2D eigenvalue weighted by molar-refractivity contribution is 5.93. The Bertz CT molecular complexity index is 521. The van der Waals surface area contributed by atoms with Crippen molar-refractivity contribution in [2.45, 2.75) is 13.3 Å². The molecule has 0 heterocycles. The van der Waals surface area contributed by atoms with E-state index in [-0.39, 0.29) is 17.7 Å². The molecule has 94 valence electrons. The van der Waals surface area contributed by atoms with Crippen molar-refractivity contribution in [1.82, 2.24) is 0 Å². The number of nitriles is 1. The molecule has 0 radical (unpaired) electrons. The summed E-state index contributed by atoms with van der Waals surface area (Å²) in [7, 11) is 0. The van der Waals surface area contributed by atoms with Gasteiger partial charge >= 0.3 is 5.97 Å². The lowest BCUT2D eigenvalue weighted by Gasteiger charge is -2.09. The van der Waals surface area contributed by atoms with Gasteiger partial charge in [0.05, 0.1) is 23.8 Å². The van der Waals surface area contributed by atoms with Crippen molar-refractivity contribution in [3.8, 4) is 6.07 Å². The molecule has 0 fully saturated rings. The minimum absolute atomic E-state index is 0.0266. The van der Waals surface area contributed by atoms with Crippen LogP contribution in [0.25, 0.3) is 0 Å². The molecule has 0 atom stereocenters. The Morgan fingerprint density at radius 1 is 1.56 bits per heavy atom. The molecule has 1 rings (SSSR count). The van der Waals surface area contributed by atoms with Crippen LogP contribution in [0.4, 0.5) is 8.78 Å². The van der Waals surface area contributed by atoms with E-state index < -0.39 is 23.5 Å². The highest BCUT2D eigenvalue weighted by Crippen LogP contribution is 2.26. The van der Waals surface area contributed by atoms with Crippen molar-refractivity contribution in [2.75, 3.05) is 6.61 Å². The Morgan fingerprint density at radius 3 is 2.67 bits per heavy atom. The molecule has 0 unspecified atom stereocenters. The van der Waals surface area contributed by atoms with Crippen LogP contribution in [-0.4, -0.2) is 18.9 Å². The van der Waals surface area contributed by atoms with Crippen molar-refractivity contribution < 1.29 is 23.1 Å². The number of halogens is 2. The molecule has 0 aromatic heterocycles. The van der Waals surface area contributed by atoms with Crippen LogP contribution in [-0.2, 0) is 4.74 Å². The van der Waals surface area contributed by atoms with E-state index >= 15 is 0 Å². The summed E-state index contributed by atoms with van der Waals surface area (Å²) in [6, 6.07) is 3.45. The number of hydrogen-bond acceptors (Lipinski definition) is 4. The Balaban J connectivity index is 3.43. The average molecular weight is 253 g/mol. The van der Waals surface area contributed by atoms with E-state index in [1.165, 1.54) is 6.92 Å². The molecule has 1 aromatic rings. The second-order valence-corrected chi connectivity index (χ2v) is 3.28. The molecule has 0 N–H and O–H groups in total. The first-order valence-electron chi connectivity index (χ1n) is 5.03. The van der Waals surface area contributed by atoms with E-state index in [9.17, 15) is 18.4 Å². The fraction of sp³-hybridized carbons (Fsp3) is 0.250. The average Bonchev–Trinajstić information content (AvgIpc) is 2.37. The zero-order valence-corrected chi connectivity index (χ0v) is 9.44. The summed E-state index contributed by atoms with van der Waals surface area (Å²) < 4.78 is 30.2. The fourth-order valence-electron chi connectivity index (χ4n) is 1.39. The molecule has 1 aromatic carbocycles. The van der Waals surface area contributed by atoms with Gasteiger partial charge in [0.15, 0.2) is 6.29 Å². The Hall–Kier alpha value is -2.29.